The lowest BCUT2D eigenvalue weighted by molar-refractivity contribution is 0.628. The van der Waals surface area contributed by atoms with Gasteiger partial charge in [-0.1, -0.05) is 44.4 Å². The van der Waals surface area contributed by atoms with Gasteiger partial charge in [0.1, 0.15) is 17.0 Å². The topological polar surface area (TPSA) is 70.2 Å². The third-order valence-electron chi connectivity index (χ3n) is 5.92. The van der Waals surface area contributed by atoms with Gasteiger partial charge in [0.15, 0.2) is 5.82 Å². The molecule has 0 radical (unpaired) electrons. The summed E-state index contributed by atoms with van der Waals surface area (Å²) in [5.74, 6) is 0.299. The third-order valence-corrected chi connectivity index (χ3v) is 5.92. The minimum Gasteiger partial charge on any atom is -0.336 e. The Morgan fingerprint density at radius 1 is 1.14 bits per heavy atom. The molecule has 176 valence electrons. The van der Waals surface area contributed by atoms with Crippen LogP contribution in [0.15, 0.2) is 84.1 Å². The first-order valence-corrected chi connectivity index (χ1v) is 11.5. The quantitative estimate of drug-likeness (QED) is 0.341. The van der Waals surface area contributed by atoms with Crippen molar-refractivity contribution in [1.82, 2.24) is 25.1 Å². The molecule has 3 heterocycles. The molecular weight excluding hydrogens is 437 g/mol. The summed E-state index contributed by atoms with van der Waals surface area (Å²) < 4.78 is 13.4. The van der Waals surface area contributed by atoms with E-state index in [2.05, 4.69) is 59.3 Å². The Bertz CT molecular complexity index is 1580. The molecule has 2 N–H and O–H groups in total. The number of halogens is 1. The highest BCUT2D eigenvalue weighted by atomic mass is 19.1. The van der Waals surface area contributed by atoms with Gasteiger partial charge in [0.05, 0.1) is 16.6 Å². The summed E-state index contributed by atoms with van der Waals surface area (Å²) in [6, 6.07) is 8.08. The normalized spacial score (nSPS) is 13.6. The first kappa shape index (κ1) is 23.8. The number of imidazole rings is 1. The molecule has 4 rings (SSSR count). The SMILES string of the molecule is C=C\C(=C/C(=C\C)C(/C)=C/C=c1/[nH]nc(-c2nc3c(-c4ccc(F)cc4)nccc3[nH]2)c1=C)CC. The molecule has 0 aliphatic carbocycles. The smallest absolute Gasteiger partial charge is 0.159 e. The molecule has 0 spiro atoms. The van der Waals surface area contributed by atoms with Crippen LogP contribution >= 0.6 is 0 Å². The third kappa shape index (κ3) is 4.96. The largest absolute Gasteiger partial charge is 0.336 e. The second-order valence-electron chi connectivity index (χ2n) is 8.15. The summed E-state index contributed by atoms with van der Waals surface area (Å²) in [6.07, 6.45) is 12.8. The molecule has 0 saturated carbocycles. The fraction of sp³-hybridized carbons (Fsp3) is 0.138. The predicted octanol–water partition coefficient (Wildman–Crippen LogP) is 5.76. The second-order valence-corrected chi connectivity index (χ2v) is 8.15. The molecule has 35 heavy (non-hydrogen) atoms. The van der Waals surface area contributed by atoms with Crippen LogP contribution in [0.1, 0.15) is 27.2 Å². The number of allylic oxidation sites excluding steroid dienone is 7. The lowest BCUT2D eigenvalue weighted by Crippen LogP contribution is -2.21. The maximum absolute atomic E-state index is 13.4. The van der Waals surface area contributed by atoms with Crippen molar-refractivity contribution >= 4 is 23.7 Å². The minimum absolute atomic E-state index is 0.293. The Morgan fingerprint density at radius 3 is 2.60 bits per heavy atom. The van der Waals surface area contributed by atoms with Crippen LogP contribution in [-0.2, 0) is 0 Å². The number of hydrogen-bond donors (Lipinski definition) is 2. The van der Waals surface area contributed by atoms with Gasteiger partial charge in [0, 0.05) is 17.0 Å². The van der Waals surface area contributed by atoms with Crippen molar-refractivity contribution in [3.05, 3.63) is 101 Å². The molecule has 0 unspecified atom stereocenters. The highest BCUT2D eigenvalue weighted by Gasteiger charge is 2.14. The predicted molar refractivity (Wildman–Crippen MR) is 142 cm³/mol. The molecule has 0 amide bonds. The van der Waals surface area contributed by atoms with E-state index in [9.17, 15) is 4.39 Å². The monoisotopic (exact) mass is 465 g/mol. The first-order valence-electron chi connectivity index (χ1n) is 11.5. The highest BCUT2D eigenvalue weighted by Crippen LogP contribution is 2.26. The lowest BCUT2D eigenvalue weighted by Gasteiger charge is -2.03. The highest BCUT2D eigenvalue weighted by molar-refractivity contribution is 5.91. The number of nitrogens with zero attached hydrogens (tertiary/aromatic N) is 3. The first-order chi connectivity index (χ1) is 16.9. The molecule has 0 bridgehead atoms. The zero-order valence-corrected chi connectivity index (χ0v) is 20.2. The van der Waals surface area contributed by atoms with Crippen LogP contribution in [-0.4, -0.2) is 25.1 Å². The summed E-state index contributed by atoms with van der Waals surface area (Å²) in [6.45, 7) is 14.3. The molecule has 0 aliphatic rings. The fourth-order valence-corrected chi connectivity index (χ4v) is 3.81. The standard InChI is InChI=1S/C29H28FN5/c1-6-20(7-2)17-21(8-3)18(4)9-14-24-19(5)26(35-34-24)29-32-25-15-16-31-27(28(25)33-29)22-10-12-23(30)13-11-22/h6,8-17,34H,1,5,7H2,2-4H3,(H,32,33)/b18-9+,20-17+,21-8+,24-14+. The number of rotatable bonds is 7. The molecule has 0 aliphatic heterocycles. The van der Waals surface area contributed by atoms with E-state index < -0.39 is 0 Å². The van der Waals surface area contributed by atoms with Crippen molar-refractivity contribution in [2.24, 2.45) is 0 Å². The molecule has 4 aromatic rings. The summed E-state index contributed by atoms with van der Waals surface area (Å²) in [5.41, 5.74) is 7.05. The number of H-pyrrole nitrogens is 2. The van der Waals surface area contributed by atoms with E-state index in [-0.39, 0.29) is 5.82 Å². The zero-order valence-electron chi connectivity index (χ0n) is 20.2. The summed E-state index contributed by atoms with van der Waals surface area (Å²) in [4.78, 5) is 12.5. The van der Waals surface area contributed by atoms with Crippen molar-refractivity contribution in [3.8, 4) is 22.8 Å². The van der Waals surface area contributed by atoms with Gasteiger partial charge in [0.2, 0.25) is 0 Å². The summed E-state index contributed by atoms with van der Waals surface area (Å²) in [7, 11) is 0. The Kier molecular flexibility index (Phi) is 7.01. The lowest BCUT2D eigenvalue weighted by atomic mass is 10.0. The van der Waals surface area contributed by atoms with Gasteiger partial charge in [-0.25, -0.2) is 9.37 Å². The second kappa shape index (κ2) is 10.3. The number of benzene rings is 1. The van der Waals surface area contributed by atoms with E-state index in [1.54, 1.807) is 18.3 Å². The van der Waals surface area contributed by atoms with Crippen molar-refractivity contribution in [1.29, 1.82) is 0 Å². The average Bonchev–Trinajstić information content (AvgIpc) is 3.47. The maximum Gasteiger partial charge on any atom is 0.159 e. The molecule has 0 saturated heterocycles. The van der Waals surface area contributed by atoms with E-state index in [1.807, 2.05) is 31.2 Å². The number of fused-ring (bicyclic) bond motifs is 1. The van der Waals surface area contributed by atoms with E-state index in [1.165, 1.54) is 17.7 Å². The van der Waals surface area contributed by atoms with Gasteiger partial charge in [-0.05, 0) is 73.4 Å². The Balaban J connectivity index is 1.71. The van der Waals surface area contributed by atoms with Crippen LogP contribution < -0.4 is 10.6 Å². The van der Waals surface area contributed by atoms with E-state index >= 15 is 0 Å². The van der Waals surface area contributed by atoms with Crippen LogP contribution in [0.2, 0.25) is 0 Å². The number of aromatic amines is 2. The molecule has 1 aromatic carbocycles. The Labute approximate surface area is 203 Å². The van der Waals surface area contributed by atoms with Gasteiger partial charge in [-0.15, -0.1) is 0 Å². The van der Waals surface area contributed by atoms with Crippen molar-refractivity contribution in [3.63, 3.8) is 0 Å². The molecule has 0 atom stereocenters. The molecule has 3 aromatic heterocycles. The van der Waals surface area contributed by atoms with Crippen LogP contribution in [0, 0.1) is 5.82 Å². The minimum atomic E-state index is -0.293. The van der Waals surface area contributed by atoms with Crippen LogP contribution in [0.3, 0.4) is 0 Å². The Morgan fingerprint density at radius 2 is 1.91 bits per heavy atom. The van der Waals surface area contributed by atoms with E-state index in [4.69, 9.17) is 4.98 Å². The van der Waals surface area contributed by atoms with E-state index in [0.717, 1.165) is 39.2 Å². The zero-order chi connectivity index (χ0) is 24.9. The number of aromatic nitrogens is 5. The van der Waals surface area contributed by atoms with Gasteiger partial charge in [-0.3, -0.25) is 10.1 Å². The van der Waals surface area contributed by atoms with Crippen LogP contribution in [0.5, 0.6) is 0 Å². The van der Waals surface area contributed by atoms with Crippen molar-refractivity contribution in [2.45, 2.75) is 27.2 Å². The van der Waals surface area contributed by atoms with Crippen LogP contribution in [0.25, 0.3) is 46.5 Å². The maximum atomic E-state index is 13.4. The van der Waals surface area contributed by atoms with Crippen molar-refractivity contribution < 1.29 is 4.39 Å². The molecule has 0 fully saturated rings. The van der Waals surface area contributed by atoms with E-state index in [0.29, 0.717) is 22.7 Å². The number of pyridine rings is 1. The number of hydrogen-bond acceptors (Lipinski definition) is 3. The van der Waals surface area contributed by atoms with Gasteiger partial charge < -0.3 is 4.98 Å². The Hall–Kier alpha value is -4.32. The van der Waals surface area contributed by atoms with Crippen molar-refractivity contribution in [2.75, 3.05) is 0 Å². The molecule has 6 heteroatoms. The fourth-order valence-electron chi connectivity index (χ4n) is 3.81. The van der Waals surface area contributed by atoms with Crippen LogP contribution in [0.4, 0.5) is 4.39 Å². The summed E-state index contributed by atoms with van der Waals surface area (Å²) >= 11 is 0. The average molecular weight is 466 g/mol. The molecular formula is C29H28FN5. The van der Waals surface area contributed by atoms with Gasteiger partial charge in [-0.2, -0.15) is 5.10 Å². The number of nitrogens with one attached hydrogen (secondary N) is 2. The van der Waals surface area contributed by atoms with Gasteiger partial charge in [0.25, 0.3) is 0 Å². The summed E-state index contributed by atoms with van der Waals surface area (Å²) in [5, 5.41) is 9.07. The molecule has 5 nitrogen and oxygen atoms in total. The van der Waals surface area contributed by atoms with Gasteiger partial charge >= 0.3 is 0 Å².